The van der Waals surface area contributed by atoms with Gasteiger partial charge in [-0.2, -0.15) is 0 Å². The number of amides is 1. The maximum Gasteiger partial charge on any atom is 0.224 e. The lowest BCUT2D eigenvalue weighted by molar-refractivity contribution is -0.121. The van der Waals surface area contributed by atoms with Crippen LogP contribution in [0.1, 0.15) is 17.2 Å². The minimum absolute atomic E-state index is 0.0434. The van der Waals surface area contributed by atoms with Crippen LogP contribution in [0.25, 0.3) is 0 Å². The van der Waals surface area contributed by atoms with Gasteiger partial charge in [0, 0.05) is 25.9 Å². The number of benzene rings is 2. The van der Waals surface area contributed by atoms with Gasteiger partial charge in [-0.05, 0) is 11.1 Å². The number of hydrogen-bond acceptors (Lipinski definition) is 3. The van der Waals surface area contributed by atoms with Gasteiger partial charge in [-0.1, -0.05) is 72.4 Å². The Morgan fingerprint density at radius 1 is 1.16 bits per heavy atom. The second-order valence-electron chi connectivity index (χ2n) is 5.99. The second-order valence-corrected chi connectivity index (χ2v) is 7.06. The maximum atomic E-state index is 12.6. The lowest BCUT2D eigenvalue weighted by Crippen LogP contribution is -2.39. The predicted octanol–water partition coefficient (Wildman–Crippen LogP) is 3.12. The Balaban J connectivity index is 1.71. The van der Waals surface area contributed by atoms with E-state index in [2.05, 4.69) is 27.3 Å². The van der Waals surface area contributed by atoms with Crippen LogP contribution in [0.2, 0.25) is 0 Å². The van der Waals surface area contributed by atoms with Gasteiger partial charge in [0.2, 0.25) is 5.91 Å². The number of aliphatic imine (C=N–C) groups is 1. The Bertz CT molecular complexity index is 718. The molecule has 1 saturated heterocycles. The molecule has 1 amide bonds. The Morgan fingerprint density at radius 3 is 2.52 bits per heavy atom. The van der Waals surface area contributed by atoms with Crippen molar-refractivity contribution in [2.75, 3.05) is 25.9 Å². The Hall–Kier alpha value is -2.27. The van der Waals surface area contributed by atoms with Crippen molar-refractivity contribution in [3.05, 3.63) is 71.8 Å². The fraction of sp³-hybridized carbons (Fsp3) is 0.300. The Labute approximate surface area is 153 Å². The molecule has 25 heavy (non-hydrogen) atoms. The van der Waals surface area contributed by atoms with Crippen molar-refractivity contribution in [3.8, 4) is 0 Å². The molecule has 0 radical (unpaired) electrons. The van der Waals surface area contributed by atoms with Gasteiger partial charge >= 0.3 is 0 Å². The smallest absolute Gasteiger partial charge is 0.224 e. The number of nitrogens with zero attached hydrogens (tertiary/aromatic N) is 2. The first-order valence-corrected chi connectivity index (χ1v) is 9.47. The van der Waals surface area contributed by atoms with Crippen LogP contribution < -0.4 is 5.32 Å². The molecular formula is C20H23N3OS. The highest BCUT2D eigenvalue weighted by molar-refractivity contribution is 8.14. The summed E-state index contributed by atoms with van der Waals surface area (Å²) in [6, 6.07) is 20.0. The summed E-state index contributed by atoms with van der Waals surface area (Å²) >= 11 is 1.77. The average Bonchev–Trinajstić information content (AvgIpc) is 3.10. The third-order valence-electron chi connectivity index (χ3n) is 4.20. The Morgan fingerprint density at radius 2 is 1.84 bits per heavy atom. The van der Waals surface area contributed by atoms with Gasteiger partial charge in [-0.25, -0.2) is 0 Å². The van der Waals surface area contributed by atoms with Gasteiger partial charge in [0.15, 0.2) is 5.17 Å². The molecule has 0 spiro atoms. The third kappa shape index (κ3) is 4.86. The lowest BCUT2D eigenvalue weighted by atomic mass is 10.1. The zero-order valence-electron chi connectivity index (χ0n) is 14.4. The molecule has 130 valence electrons. The largest absolute Gasteiger partial charge is 0.348 e. The molecule has 1 fully saturated rings. The van der Waals surface area contributed by atoms with E-state index in [9.17, 15) is 4.79 Å². The number of carbonyl (C=O) groups is 1. The van der Waals surface area contributed by atoms with E-state index in [1.54, 1.807) is 11.8 Å². The van der Waals surface area contributed by atoms with Gasteiger partial charge in [0.25, 0.3) is 0 Å². The molecule has 1 aliphatic heterocycles. The van der Waals surface area contributed by atoms with E-state index in [1.807, 2.05) is 55.6 Å². The molecule has 1 heterocycles. The molecule has 1 atom stereocenters. The molecule has 0 saturated carbocycles. The summed E-state index contributed by atoms with van der Waals surface area (Å²) in [7, 11) is 1.83. The normalized spacial score (nSPS) is 16.8. The number of carbonyl (C=O) groups excluding carboxylic acids is 1. The van der Waals surface area contributed by atoms with E-state index in [0.717, 1.165) is 35.1 Å². The van der Waals surface area contributed by atoms with Crippen molar-refractivity contribution in [1.29, 1.82) is 0 Å². The quantitative estimate of drug-likeness (QED) is 0.868. The minimum atomic E-state index is -0.0483. The fourth-order valence-corrected chi connectivity index (χ4v) is 3.95. The van der Waals surface area contributed by atoms with E-state index >= 15 is 0 Å². The zero-order chi connectivity index (χ0) is 17.5. The van der Waals surface area contributed by atoms with Gasteiger partial charge in [-0.3, -0.25) is 9.79 Å². The molecule has 5 heteroatoms. The fourth-order valence-electron chi connectivity index (χ4n) is 2.98. The topological polar surface area (TPSA) is 44.7 Å². The summed E-state index contributed by atoms with van der Waals surface area (Å²) in [5.74, 6) is 1.09. The first kappa shape index (κ1) is 17.5. The average molecular weight is 353 g/mol. The van der Waals surface area contributed by atoms with Gasteiger partial charge in [0.1, 0.15) is 0 Å². The van der Waals surface area contributed by atoms with Crippen molar-refractivity contribution in [2.45, 2.75) is 12.5 Å². The molecule has 2 aromatic carbocycles. The van der Waals surface area contributed by atoms with Gasteiger partial charge < -0.3 is 10.2 Å². The molecule has 0 aromatic heterocycles. The Kier molecular flexibility index (Phi) is 6.12. The second kappa shape index (κ2) is 8.72. The van der Waals surface area contributed by atoms with Crippen LogP contribution in [0.15, 0.2) is 65.7 Å². The summed E-state index contributed by atoms with van der Waals surface area (Å²) < 4.78 is 0. The minimum Gasteiger partial charge on any atom is -0.348 e. The van der Waals surface area contributed by atoms with Crippen LogP contribution in [0.4, 0.5) is 0 Å². The number of nitrogens with one attached hydrogen (secondary N) is 1. The molecule has 1 aliphatic rings. The highest BCUT2D eigenvalue weighted by Gasteiger charge is 2.24. The summed E-state index contributed by atoms with van der Waals surface area (Å²) in [6.07, 6.45) is 0.396. The van der Waals surface area contributed by atoms with E-state index in [1.165, 1.54) is 0 Å². The van der Waals surface area contributed by atoms with Crippen LogP contribution in [-0.2, 0) is 11.2 Å². The summed E-state index contributed by atoms with van der Waals surface area (Å²) in [5.41, 5.74) is 2.15. The maximum absolute atomic E-state index is 12.6. The van der Waals surface area contributed by atoms with Crippen LogP contribution in [0.3, 0.4) is 0 Å². The SMILES string of the molecule is CN=C1SCCN1CC(NC(=O)Cc1ccccc1)c1ccccc1. The molecule has 1 N–H and O–H groups in total. The number of amidine groups is 1. The number of rotatable bonds is 6. The van der Waals surface area contributed by atoms with E-state index in [0.29, 0.717) is 6.42 Å². The zero-order valence-corrected chi connectivity index (χ0v) is 15.2. The molecule has 1 unspecified atom stereocenters. The third-order valence-corrected chi connectivity index (χ3v) is 5.29. The van der Waals surface area contributed by atoms with Gasteiger partial charge in [0.05, 0.1) is 12.5 Å². The van der Waals surface area contributed by atoms with Crippen molar-refractivity contribution in [3.63, 3.8) is 0 Å². The van der Waals surface area contributed by atoms with Crippen molar-refractivity contribution < 1.29 is 4.79 Å². The first-order valence-electron chi connectivity index (χ1n) is 8.49. The molecule has 3 rings (SSSR count). The van der Waals surface area contributed by atoms with E-state index < -0.39 is 0 Å². The van der Waals surface area contributed by atoms with E-state index in [4.69, 9.17) is 0 Å². The molecule has 0 bridgehead atoms. The van der Waals surface area contributed by atoms with Crippen molar-refractivity contribution in [1.82, 2.24) is 10.2 Å². The predicted molar refractivity (Wildman–Crippen MR) is 105 cm³/mol. The van der Waals surface area contributed by atoms with Crippen molar-refractivity contribution in [2.24, 2.45) is 4.99 Å². The summed E-state index contributed by atoms with van der Waals surface area (Å²) in [6.45, 7) is 1.71. The highest BCUT2D eigenvalue weighted by atomic mass is 32.2. The van der Waals surface area contributed by atoms with Crippen LogP contribution in [-0.4, -0.2) is 41.9 Å². The van der Waals surface area contributed by atoms with E-state index in [-0.39, 0.29) is 11.9 Å². The molecule has 0 aliphatic carbocycles. The molecular weight excluding hydrogens is 330 g/mol. The van der Waals surface area contributed by atoms with Crippen molar-refractivity contribution >= 4 is 22.8 Å². The molecule has 4 nitrogen and oxygen atoms in total. The van der Waals surface area contributed by atoms with Gasteiger partial charge in [-0.15, -0.1) is 0 Å². The highest BCUT2D eigenvalue weighted by Crippen LogP contribution is 2.22. The number of hydrogen-bond donors (Lipinski definition) is 1. The molecule has 2 aromatic rings. The van der Waals surface area contributed by atoms with Crippen LogP contribution >= 0.6 is 11.8 Å². The lowest BCUT2D eigenvalue weighted by Gasteiger charge is -2.26. The van der Waals surface area contributed by atoms with Crippen LogP contribution in [0, 0.1) is 0 Å². The standard InChI is InChI=1S/C20H23N3OS/c1-21-20-23(12-13-25-20)15-18(17-10-6-3-7-11-17)22-19(24)14-16-8-4-2-5-9-16/h2-11,18H,12-15H2,1H3,(H,22,24). The monoisotopic (exact) mass is 353 g/mol. The first-order chi connectivity index (χ1) is 12.3. The van der Waals surface area contributed by atoms with Crippen LogP contribution in [0.5, 0.6) is 0 Å². The number of thioether (sulfide) groups is 1. The summed E-state index contributed by atoms with van der Waals surface area (Å²) in [5, 5.41) is 4.26. The summed E-state index contributed by atoms with van der Waals surface area (Å²) in [4.78, 5) is 19.2.